The van der Waals surface area contributed by atoms with Crippen LogP contribution in [0, 0.1) is 5.82 Å². The number of ether oxygens (including phenoxy) is 2. The Hall–Kier alpha value is -2.80. The average molecular weight is 368 g/mol. The van der Waals surface area contributed by atoms with Gasteiger partial charge in [-0.25, -0.2) is 9.18 Å². The molecule has 0 fully saturated rings. The van der Waals surface area contributed by atoms with Gasteiger partial charge in [-0.15, -0.1) is 0 Å². The third-order valence-corrected chi connectivity index (χ3v) is 3.58. The monoisotopic (exact) mass is 367 g/mol. The van der Waals surface area contributed by atoms with Crippen LogP contribution in [0.3, 0.4) is 0 Å². The molecule has 0 unspecified atom stereocenters. The SMILES string of the molecule is COc1ccc(O)c(C(=O)O[C@@H](C)C(=O)Nc2ccc(F)cc2Cl)c1. The van der Waals surface area contributed by atoms with E-state index >= 15 is 0 Å². The van der Waals surface area contributed by atoms with Gasteiger partial charge in [0.25, 0.3) is 5.91 Å². The lowest BCUT2D eigenvalue weighted by Crippen LogP contribution is -2.30. The van der Waals surface area contributed by atoms with Gasteiger partial charge in [-0.05, 0) is 43.3 Å². The predicted molar refractivity (Wildman–Crippen MR) is 89.6 cm³/mol. The molecule has 0 aliphatic carbocycles. The molecule has 0 radical (unpaired) electrons. The van der Waals surface area contributed by atoms with Crippen molar-refractivity contribution in [3.05, 3.63) is 52.8 Å². The minimum atomic E-state index is -1.18. The van der Waals surface area contributed by atoms with Gasteiger partial charge in [0.1, 0.15) is 22.9 Å². The quantitative estimate of drug-likeness (QED) is 0.791. The summed E-state index contributed by atoms with van der Waals surface area (Å²) in [4.78, 5) is 24.2. The van der Waals surface area contributed by atoms with Crippen LogP contribution in [0.2, 0.25) is 5.02 Å². The Morgan fingerprint density at radius 2 is 1.96 bits per heavy atom. The van der Waals surface area contributed by atoms with Gasteiger partial charge in [-0.2, -0.15) is 0 Å². The summed E-state index contributed by atoms with van der Waals surface area (Å²) in [5.41, 5.74) is 0.0407. The Labute approximate surface area is 148 Å². The standard InChI is InChI=1S/C17H15ClFNO5/c1-9(16(22)20-14-5-3-10(19)7-13(14)18)25-17(23)12-8-11(24-2)4-6-15(12)21/h3-9,21H,1-2H3,(H,20,22)/t9-/m0/s1. The smallest absolute Gasteiger partial charge is 0.342 e. The molecule has 0 saturated carbocycles. The van der Waals surface area contributed by atoms with Crippen LogP contribution in [-0.4, -0.2) is 30.2 Å². The van der Waals surface area contributed by atoms with Crippen LogP contribution in [-0.2, 0) is 9.53 Å². The zero-order chi connectivity index (χ0) is 18.6. The molecule has 2 aromatic carbocycles. The van der Waals surface area contributed by atoms with E-state index in [2.05, 4.69) is 5.32 Å². The van der Waals surface area contributed by atoms with E-state index in [4.69, 9.17) is 21.1 Å². The summed E-state index contributed by atoms with van der Waals surface area (Å²) < 4.78 is 23.0. The minimum Gasteiger partial charge on any atom is -0.507 e. The van der Waals surface area contributed by atoms with Crippen LogP contribution in [0.4, 0.5) is 10.1 Å². The van der Waals surface area contributed by atoms with Crippen LogP contribution in [0.25, 0.3) is 0 Å². The molecule has 0 heterocycles. The van der Waals surface area contributed by atoms with E-state index in [1.165, 1.54) is 38.3 Å². The molecule has 25 heavy (non-hydrogen) atoms. The second kappa shape index (κ2) is 7.85. The molecular weight excluding hydrogens is 353 g/mol. The van der Waals surface area contributed by atoms with Crippen molar-refractivity contribution in [2.45, 2.75) is 13.0 Å². The number of anilines is 1. The maximum absolute atomic E-state index is 13.0. The summed E-state index contributed by atoms with van der Waals surface area (Å²) in [5.74, 6) is -2.07. The number of phenols is 1. The number of aromatic hydroxyl groups is 1. The summed E-state index contributed by atoms with van der Waals surface area (Å²) in [5, 5.41) is 12.2. The van der Waals surface area contributed by atoms with E-state index < -0.39 is 23.8 Å². The highest BCUT2D eigenvalue weighted by atomic mass is 35.5. The molecule has 1 atom stereocenters. The lowest BCUT2D eigenvalue weighted by atomic mass is 10.2. The number of phenolic OH excluding ortho intramolecular Hbond substituents is 1. The summed E-state index contributed by atoms with van der Waals surface area (Å²) in [7, 11) is 1.41. The average Bonchev–Trinajstić information content (AvgIpc) is 2.57. The highest BCUT2D eigenvalue weighted by Gasteiger charge is 2.22. The number of methoxy groups -OCH3 is 1. The van der Waals surface area contributed by atoms with Crippen molar-refractivity contribution < 1.29 is 28.6 Å². The molecule has 0 aliphatic rings. The van der Waals surface area contributed by atoms with Crippen molar-refractivity contribution in [2.24, 2.45) is 0 Å². The molecule has 0 spiro atoms. The van der Waals surface area contributed by atoms with E-state index in [9.17, 15) is 19.1 Å². The first kappa shape index (κ1) is 18.5. The van der Waals surface area contributed by atoms with Gasteiger partial charge < -0.3 is 19.9 Å². The molecule has 8 heteroatoms. The maximum atomic E-state index is 13.0. The molecular formula is C17H15ClFNO5. The van der Waals surface area contributed by atoms with Gasteiger partial charge in [-0.3, -0.25) is 4.79 Å². The van der Waals surface area contributed by atoms with Gasteiger partial charge >= 0.3 is 5.97 Å². The Balaban J connectivity index is 2.06. The summed E-state index contributed by atoms with van der Waals surface area (Å²) >= 11 is 5.82. The van der Waals surface area contributed by atoms with Gasteiger partial charge in [0.2, 0.25) is 0 Å². The van der Waals surface area contributed by atoms with Crippen molar-refractivity contribution in [2.75, 3.05) is 12.4 Å². The van der Waals surface area contributed by atoms with E-state index in [-0.39, 0.29) is 22.0 Å². The first-order chi connectivity index (χ1) is 11.8. The number of carbonyl (C=O) groups is 2. The first-order valence-electron chi connectivity index (χ1n) is 7.15. The molecule has 0 bridgehead atoms. The predicted octanol–water partition coefficient (Wildman–Crippen LogP) is 3.38. The van der Waals surface area contributed by atoms with Crippen molar-refractivity contribution in [1.29, 1.82) is 0 Å². The topological polar surface area (TPSA) is 84.9 Å². The van der Waals surface area contributed by atoms with E-state index in [1.54, 1.807) is 0 Å². The highest BCUT2D eigenvalue weighted by Crippen LogP contribution is 2.25. The molecule has 1 amide bonds. The first-order valence-corrected chi connectivity index (χ1v) is 7.53. The van der Waals surface area contributed by atoms with E-state index in [0.29, 0.717) is 5.75 Å². The van der Waals surface area contributed by atoms with Crippen molar-refractivity contribution in [3.8, 4) is 11.5 Å². The number of hydrogen-bond donors (Lipinski definition) is 2. The maximum Gasteiger partial charge on any atom is 0.342 e. The number of nitrogens with one attached hydrogen (secondary N) is 1. The minimum absolute atomic E-state index is 0.0114. The molecule has 0 saturated heterocycles. The zero-order valence-corrected chi connectivity index (χ0v) is 14.1. The Morgan fingerprint density at radius 3 is 2.60 bits per heavy atom. The molecule has 2 rings (SSSR count). The lowest BCUT2D eigenvalue weighted by Gasteiger charge is -2.15. The summed E-state index contributed by atoms with van der Waals surface area (Å²) in [6.07, 6.45) is -1.18. The second-order valence-corrected chi connectivity index (χ2v) is 5.45. The van der Waals surface area contributed by atoms with Crippen LogP contribution < -0.4 is 10.1 Å². The van der Waals surface area contributed by atoms with Crippen molar-refractivity contribution in [1.82, 2.24) is 0 Å². The van der Waals surface area contributed by atoms with Gasteiger partial charge in [0.05, 0.1) is 17.8 Å². The van der Waals surface area contributed by atoms with Gasteiger partial charge in [-0.1, -0.05) is 11.6 Å². The molecule has 2 aromatic rings. The van der Waals surface area contributed by atoms with Crippen LogP contribution in [0.1, 0.15) is 17.3 Å². The Morgan fingerprint density at radius 1 is 1.24 bits per heavy atom. The normalized spacial score (nSPS) is 11.5. The number of rotatable bonds is 5. The van der Waals surface area contributed by atoms with Crippen LogP contribution >= 0.6 is 11.6 Å². The van der Waals surface area contributed by atoms with Gasteiger partial charge in [0.15, 0.2) is 6.10 Å². The fourth-order valence-corrected chi connectivity index (χ4v) is 2.12. The summed E-state index contributed by atoms with van der Waals surface area (Å²) in [6, 6.07) is 7.50. The number of benzene rings is 2. The van der Waals surface area contributed by atoms with Crippen molar-refractivity contribution in [3.63, 3.8) is 0 Å². The number of carbonyl (C=O) groups excluding carboxylic acids is 2. The number of esters is 1. The lowest BCUT2D eigenvalue weighted by molar-refractivity contribution is -0.123. The third kappa shape index (κ3) is 4.60. The number of hydrogen-bond acceptors (Lipinski definition) is 5. The zero-order valence-electron chi connectivity index (χ0n) is 13.4. The highest BCUT2D eigenvalue weighted by molar-refractivity contribution is 6.33. The van der Waals surface area contributed by atoms with E-state index in [0.717, 1.165) is 12.1 Å². The molecule has 6 nitrogen and oxygen atoms in total. The number of halogens is 2. The number of amides is 1. The Kier molecular flexibility index (Phi) is 5.82. The Bertz CT molecular complexity index is 812. The van der Waals surface area contributed by atoms with E-state index in [1.807, 2.05) is 0 Å². The second-order valence-electron chi connectivity index (χ2n) is 5.04. The molecule has 132 valence electrons. The molecule has 2 N–H and O–H groups in total. The summed E-state index contributed by atoms with van der Waals surface area (Å²) in [6.45, 7) is 1.35. The van der Waals surface area contributed by atoms with Crippen LogP contribution in [0.5, 0.6) is 11.5 Å². The van der Waals surface area contributed by atoms with Gasteiger partial charge in [0, 0.05) is 0 Å². The van der Waals surface area contributed by atoms with Crippen LogP contribution in [0.15, 0.2) is 36.4 Å². The molecule has 0 aliphatic heterocycles. The van der Waals surface area contributed by atoms with Crippen molar-refractivity contribution >= 4 is 29.2 Å². The molecule has 0 aromatic heterocycles. The fraction of sp³-hybridized carbons (Fsp3) is 0.176. The fourth-order valence-electron chi connectivity index (χ4n) is 1.91. The largest absolute Gasteiger partial charge is 0.507 e. The third-order valence-electron chi connectivity index (χ3n) is 3.27.